The second kappa shape index (κ2) is 8.43. The first-order chi connectivity index (χ1) is 9.10. The summed E-state index contributed by atoms with van der Waals surface area (Å²) in [5.41, 5.74) is 5.44. The Hall–Kier alpha value is -1.68. The van der Waals surface area contributed by atoms with Gasteiger partial charge in [0.15, 0.2) is 0 Å². The molecule has 1 aromatic heterocycles. The van der Waals surface area contributed by atoms with E-state index in [0.29, 0.717) is 11.8 Å². The average Bonchev–Trinajstić information content (AvgIpc) is 2.92. The molecule has 0 unspecified atom stereocenters. The average molecular weight is 263 g/mol. The van der Waals surface area contributed by atoms with Crippen molar-refractivity contribution >= 4 is 0 Å². The first kappa shape index (κ1) is 17.3. The number of nitrogens with two attached hydrogens (primary N) is 1. The van der Waals surface area contributed by atoms with E-state index in [-0.39, 0.29) is 5.41 Å². The maximum atomic E-state index is 5.48. The quantitative estimate of drug-likeness (QED) is 0.902. The molecule has 0 fully saturated rings. The number of hydrogen-bond donors (Lipinski definition) is 1. The Bertz CT molecular complexity index is 449. The summed E-state index contributed by atoms with van der Waals surface area (Å²) in [6.07, 6.45) is 0. The second-order valence-corrected chi connectivity index (χ2v) is 4.12. The van der Waals surface area contributed by atoms with Crippen molar-refractivity contribution in [1.82, 2.24) is 10.2 Å². The van der Waals surface area contributed by atoms with E-state index in [9.17, 15) is 0 Å². The van der Waals surface area contributed by atoms with Gasteiger partial charge in [-0.1, -0.05) is 44.2 Å². The van der Waals surface area contributed by atoms with Crippen LogP contribution in [0.3, 0.4) is 0 Å². The first-order valence-corrected chi connectivity index (χ1v) is 6.54. The van der Waals surface area contributed by atoms with Gasteiger partial charge in [-0.05, 0) is 26.5 Å². The summed E-state index contributed by atoms with van der Waals surface area (Å²) < 4.78 is 5.48. The number of rotatable bonds is 2. The highest BCUT2D eigenvalue weighted by atomic mass is 16.4. The smallest absolute Gasteiger partial charge is 0.226 e. The van der Waals surface area contributed by atoms with Gasteiger partial charge in [-0.2, -0.15) is 0 Å². The monoisotopic (exact) mass is 263 g/mol. The van der Waals surface area contributed by atoms with Crippen molar-refractivity contribution in [2.45, 2.75) is 40.0 Å². The first-order valence-electron chi connectivity index (χ1n) is 6.54. The summed E-state index contributed by atoms with van der Waals surface area (Å²) >= 11 is 0. The molecule has 1 heterocycles. The summed E-state index contributed by atoms with van der Waals surface area (Å²) in [7, 11) is 1.50. The largest absolute Gasteiger partial charge is 0.425 e. The van der Waals surface area contributed by atoms with E-state index in [1.54, 1.807) is 6.92 Å². The molecule has 0 atom stereocenters. The van der Waals surface area contributed by atoms with E-state index in [4.69, 9.17) is 4.42 Å². The highest BCUT2D eigenvalue weighted by Gasteiger charge is 2.28. The molecule has 0 aliphatic heterocycles. The lowest BCUT2D eigenvalue weighted by Gasteiger charge is -2.20. The van der Waals surface area contributed by atoms with Gasteiger partial charge in [0, 0.05) is 6.92 Å². The van der Waals surface area contributed by atoms with Crippen molar-refractivity contribution in [3.8, 4) is 0 Å². The molecule has 4 heteroatoms. The topological polar surface area (TPSA) is 64.9 Å². The lowest BCUT2D eigenvalue weighted by atomic mass is 9.85. The Kier molecular flexibility index (Phi) is 7.68. The van der Waals surface area contributed by atoms with E-state index in [1.807, 2.05) is 32.0 Å². The van der Waals surface area contributed by atoms with Crippen LogP contribution in [0.15, 0.2) is 34.7 Å². The molecule has 1 aromatic carbocycles. The van der Waals surface area contributed by atoms with E-state index in [0.717, 1.165) is 0 Å². The zero-order valence-corrected chi connectivity index (χ0v) is 12.8. The molecule has 0 saturated heterocycles. The number of aromatic nitrogens is 2. The molecule has 19 heavy (non-hydrogen) atoms. The third kappa shape index (κ3) is 4.48. The number of nitrogens with zero attached hydrogens (tertiary/aromatic N) is 2. The lowest BCUT2D eigenvalue weighted by molar-refractivity contribution is 0.398. The predicted octanol–water partition coefficient (Wildman–Crippen LogP) is 3.31. The van der Waals surface area contributed by atoms with Crippen LogP contribution in [0.2, 0.25) is 0 Å². The van der Waals surface area contributed by atoms with Gasteiger partial charge < -0.3 is 10.2 Å². The van der Waals surface area contributed by atoms with Crippen LogP contribution in [0.1, 0.15) is 45.0 Å². The number of benzene rings is 1. The Balaban J connectivity index is 0.000000741. The molecule has 2 rings (SSSR count). The second-order valence-electron chi connectivity index (χ2n) is 4.12. The van der Waals surface area contributed by atoms with Crippen molar-refractivity contribution in [1.29, 1.82) is 0 Å². The predicted molar refractivity (Wildman–Crippen MR) is 79.1 cm³/mol. The summed E-state index contributed by atoms with van der Waals surface area (Å²) in [5, 5.41) is 7.94. The van der Waals surface area contributed by atoms with Crippen molar-refractivity contribution in [2.24, 2.45) is 5.73 Å². The van der Waals surface area contributed by atoms with Gasteiger partial charge in [-0.25, -0.2) is 0 Å². The van der Waals surface area contributed by atoms with Gasteiger partial charge in [0.1, 0.15) is 0 Å². The number of aryl methyl sites for hydroxylation is 1. The molecule has 0 amide bonds. The maximum absolute atomic E-state index is 5.48. The normalized spacial score (nSPS) is 9.84. The third-order valence-corrected chi connectivity index (χ3v) is 2.56. The molecule has 0 aliphatic carbocycles. The van der Waals surface area contributed by atoms with Crippen LogP contribution in [0, 0.1) is 6.92 Å². The SMILES string of the molecule is CC.CN.Cc1nnc(C(C)(C)c2ccccc2)o1. The van der Waals surface area contributed by atoms with Crippen LogP contribution in [-0.4, -0.2) is 17.2 Å². The summed E-state index contributed by atoms with van der Waals surface area (Å²) in [5.74, 6) is 1.26. The minimum absolute atomic E-state index is 0.234. The van der Waals surface area contributed by atoms with Gasteiger partial charge >= 0.3 is 0 Å². The van der Waals surface area contributed by atoms with Crippen molar-refractivity contribution in [3.05, 3.63) is 47.7 Å². The molecule has 106 valence electrons. The fourth-order valence-electron chi connectivity index (χ4n) is 1.53. The molecule has 2 N–H and O–H groups in total. The summed E-state index contributed by atoms with van der Waals surface area (Å²) in [4.78, 5) is 0. The highest BCUT2D eigenvalue weighted by Crippen LogP contribution is 2.29. The zero-order valence-electron chi connectivity index (χ0n) is 12.8. The van der Waals surface area contributed by atoms with E-state index in [1.165, 1.54) is 12.6 Å². The van der Waals surface area contributed by atoms with Crippen molar-refractivity contribution in [2.75, 3.05) is 7.05 Å². The molecule has 2 aromatic rings. The maximum Gasteiger partial charge on any atom is 0.226 e. The summed E-state index contributed by atoms with van der Waals surface area (Å²) in [6, 6.07) is 10.2. The van der Waals surface area contributed by atoms with Crippen molar-refractivity contribution < 1.29 is 4.42 Å². The fourth-order valence-corrected chi connectivity index (χ4v) is 1.53. The van der Waals surface area contributed by atoms with E-state index < -0.39 is 0 Å². The molecule has 0 saturated carbocycles. The van der Waals surface area contributed by atoms with Gasteiger partial charge in [0.2, 0.25) is 11.8 Å². The Morgan fingerprint density at radius 1 is 1.00 bits per heavy atom. The minimum Gasteiger partial charge on any atom is -0.425 e. The Morgan fingerprint density at radius 2 is 1.53 bits per heavy atom. The van der Waals surface area contributed by atoms with Crippen LogP contribution in [0.4, 0.5) is 0 Å². The number of hydrogen-bond acceptors (Lipinski definition) is 4. The zero-order chi connectivity index (χ0) is 14.9. The molecular weight excluding hydrogens is 238 g/mol. The van der Waals surface area contributed by atoms with Crippen LogP contribution in [0.25, 0.3) is 0 Å². The summed E-state index contributed by atoms with van der Waals surface area (Å²) in [6.45, 7) is 9.96. The van der Waals surface area contributed by atoms with E-state index >= 15 is 0 Å². The fraction of sp³-hybridized carbons (Fsp3) is 0.467. The Morgan fingerprint density at radius 3 is 1.95 bits per heavy atom. The van der Waals surface area contributed by atoms with E-state index in [2.05, 4.69) is 41.9 Å². The molecule has 0 spiro atoms. The van der Waals surface area contributed by atoms with Gasteiger partial charge in [-0.3, -0.25) is 0 Å². The van der Waals surface area contributed by atoms with Crippen LogP contribution in [0.5, 0.6) is 0 Å². The van der Waals surface area contributed by atoms with Crippen LogP contribution in [-0.2, 0) is 5.41 Å². The molecule has 0 bridgehead atoms. The van der Waals surface area contributed by atoms with Crippen molar-refractivity contribution in [3.63, 3.8) is 0 Å². The van der Waals surface area contributed by atoms with Gasteiger partial charge in [0.25, 0.3) is 0 Å². The standard InChI is InChI=1S/C12H14N2O.C2H6.CH5N/c1-9-13-14-11(15-9)12(2,3)10-7-5-4-6-8-10;2*1-2/h4-8H,1-3H3;1-2H3;2H2,1H3. The molecule has 0 radical (unpaired) electrons. The molecule has 0 aliphatic rings. The van der Waals surface area contributed by atoms with Gasteiger partial charge in [0.05, 0.1) is 5.41 Å². The van der Waals surface area contributed by atoms with Crippen LogP contribution >= 0.6 is 0 Å². The Labute approximate surface area is 116 Å². The molecule has 4 nitrogen and oxygen atoms in total. The molecular formula is C15H25N3O. The van der Waals surface area contributed by atoms with Gasteiger partial charge in [-0.15, -0.1) is 10.2 Å². The minimum atomic E-state index is -0.234. The third-order valence-electron chi connectivity index (χ3n) is 2.56. The highest BCUT2D eigenvalue weighted by molar-refractivity contribution is 5.29. The lowest BCUT2D eigenvalue weighted by Crippen LogP contribution is -2.19. The van der Waals surface area contributed by atoms with Crippen LogP contribution < -0.4 is 5.73 Å².